The van der Waals surface area contributed by atoms with Crippen LogP contribution in [0.1, 0.15) is 18.5 Å². The number of hydrogen-bond donors (Lipinski definition) is 1. The van der Waals surface area contributed by atoms with Crippen molar-refractivity contribution in [3.8, 4) is 0 Å². The van der Waals surface area contributed by atoms with Crippen molar-refractivity contribution in [2.45, 2.75) is 19.8 Å². The Balaban J connectivity index is 1.77. The van der Waals surface area contributed by atoms with Crippen LogP contribution in [0.2, 0.25) is 0 Å². The number of aromatic nitrogens is 2. The predicted octanol–water partition coefficient (Wildman–Crippen LogP) is 1.93. The lowest BCUT2D eigenvalue weighted by atomic mass is 10.1. The number of nitrogens with zero attached hydrogens (tertiary/aromatic N) is 2. The molecule has 1 aliphatic heterocycles. The van der Waals surface area contributed by atoms with Crippen LogP contribution in [-0.4, -0.2) is 29.7 Å². The van der Waals surface area contributed by atoms with Gasteiger partial charge in [-0.2, -0.15) is 0 Å². The standard InChI is InChI=1S/C12H17N3O/c1-10-2-6-13-12(15-10)14-7-3-11-4-8-16-9-5-11/h2,4,6H,3,5,7-9H2,1H3,(H,13,14,15). The van der Waals surface area contributed by atoms with Crippen LogP contribution in [0.25, 0.3) is 0 Å². The third-order valence-electron chi connectivity index (χ3n) is 2.58. The molecule has 0 amide bonds. The fourth-order valence-corrected chi connectivity index (χ4v) is 1.66. The summed E-state index contributed by atoms with van der Waals surface area (Å²) in [5.41, 5.74) is 2.45. The van der Waals surface area contributed by atoms with Crippen LogP contribution < -0.4 is 5.32 Å². The van der Waals surface area contributed by atoms with Gasteiger partial charge in [-0.3, -0.25) is 0 Å². The fourth-order valence-electron chi connectivity index (χ4n) is 1.66. The summed E-state index contributed by atoms with van der Waals surface area (Å²) in [6, 6.07) is 1.90. The summed E-state index contributed by atoms with van der Waals surface area (Å²) in [4.78, 5) is 8.45. The summed E-state index contributed by atoms with van der Waals surface area (Å²) in [7, 11) is 0. The zero-order chi connectivity index (χ0) is 11.2. The molecule has 4 nitrogen and oxygen atoms in total. The number of hydrogen-bond acceptors (Lipinski definition) is 4. The highest BCUT2D eigenvalue weighted by atomic mass is 16.5. The van der Waals surface area contributed by atoms with Gasteiger partial charge in [0.25, 0.3) is 0 Å². The largest absolute Gasteiger partial charge is 0.377 e. The second kappa shape index (κ2) is 5.61. The first kappa shape index (κ1) is 11.1. The Morgan fingerprint density at radius 1 is 1.50 bits per heavy atom. The van der Waals surface area contributed by atoms with E-state index < -0.39 is 0 Å². The maximum Gasteiger partial charge on any atom is 0.222 e. The Morgan fingerprint density at radius 3 is 3.19 bits per heavy atom. The quantitative estimate of drug-likeness (QED) is 0.786. The van der Waals surface area contributed by atoms with E-state index in [1.54, 1.807) is 6.20 Å². The van der Waals surface area contributed by atoms with Gasteiger partial charge in [0.1, 0.15) is 0 Å². The van der Waals surface area contributed by atoms with Gasteiger partial charge in [-0.25, -0.2) is 9.97 Å². The van der Waals surface area contributed by atoms with E-state index in [4.69, 9.17) is 4.74 Å². The highest BCUT2D eigenvalue weighted by Crippen LogP contribution is 2.11. The van der Waals surface area contributed by atoms with Gasteiger partial charge < -0.3 is 10.1 Å². The second-order valence-electron chi connectivity index (χ2n) is 3.89. The molecule has 1 aromatic rings. The van der Waals surface area contributed by atoms with Gasteiger partial charge in [-0.15, -0.1) is 0 Å². The smallest absolute Gasteiger partial charge is 0.222 e. The van der Waals surface area contributed by atoms with Crippen LogP contribution in [0.15, 0.2) is 23.9 Å². The molecule has 4 heteroatoms. The number of ether oxygens (including phenoxy) is 1. The van der Waals surface area contributed by atoms with Crippen LogP contribution in [0.5, 0.6) is 0 Å². The van der Waals surface area contributed by atoms with E-state index in [9.17, 15) is 0 Å². The number of rotatable bonds is 4. The molecule has 1 N–H and O–H groups in total. The van der Waals surface area contributed by atoms with Crippen molar-refractivity contribution in [3.63, 3.8) is 0 Å². The average molecular weight is 219 g/mol. The van der Waals surface area contributed by atoms with Crippen LogP contribution in [-0.2, 0) is 4.74 Å². The van der Waals surface area contributed by atoms with E-state index in [2.05, 4.69) is 21.4 Å². The van der Waals surface area contributed by atoms with Crippen molar-refractivity contribution in [2.24, 2.45) is 0 Å². The Bertz CT molecular complexity index is 376. The normalized spacial score (nSPS) is 15.7. The summed E-state index contributed by atoms with van der Waals surface area (Å²) in [5.74, 6) is 0.715. The first-order valence-corrected chi connectivity index (χ1v) is 5.64. The van der Waals surface area contributed by atoms with Gasteiger partial charge in [-0.05, 0) is 25.8 Å². The molecule has 2 rings (SSSR count). The molecule has 0 radical (unpaired) electrons. The summed E-state index contributed by atoms with van der Waals surface area (Å²) < 4.78 is 5.26. The highest BCUT2D eigenvalue weighted by molar-refractivity contribution is 5.25. The molecular weight excluding hydrogens is 202 g/mol. The minimum absolute atomic E-state index is 0.715. The Kier molecular flexibility index (Phi) is 3.88. The molecule has 0 atom stereocenters. The highest BCUT2D eigenvalue weighted by Gasteiger charge is 2.03. The number of aryl methyl sites for hydroxylation is 1. The zero-order valence-electron chi connectivity index (χ0n) is 9.57. The lowest BCUT2D eigenvalue weighted by Crippen LogP contribution is -2.10. The average Bonchev–Trinajstić information content (AvgIpc) is 2.30. The lowest BCUT2D eigenvalue weighted by molar-refractivity contribution is 0.153. The van der Waals surface area contributed by atoms with E-state index in [0.717, 1.165) is 38.3 Å². The minimum Gasteiger partial charge on any atom is -0.377 e. The fraction of sp³-hybridized carbons (Fsp3) is 0.500. The maximum absolute atomic E-state index is 5.26. The summed E-state index contributed by atoms with van der Waals surface area (Å²) in [5, 5.41) is 3.23. The molecule has 0 bridgehead atoms. The molecule has 16 heavy (non-hydrogen) atoms. The molecule has 0 spiro atoms. The Hall–Kier alpha value is -1.42. The van der Waals surface area contributed by atoms with Gasteiger partial charge in [0.2, 0.25) is 5.95 Å². The van der Waals surface area contributed by atoms with Crippen molar-refractivity contribution >= 4 is 5.95 Å². The molecule has 0 fully saturated rings. The molecule has 0 saturated carbocycles. The van der Waals surface area contributed by atoms with Crippen molar-refractivity contribution < 1.29 is 4.74 Å². The third-order valence-corrected chi connectivity index (χ3v) is 2.58. The first-order valence-electron chi connectivity index (χ1n) is 5.64. The zero-order valence-corrected chi connectivity index (χ0v) is 9.57. The van der Waals surface area contributed by atoms with E-state index in [-0.39, 0.29) is 0 Å². The van der Waals surface area contributed by atoms with Gasteiger partial charge >= 0.3 is 0 Å². The summed E-state index contributed by atoms with van der Waals surface area (Å²) >= 11 is 0. The maximum atomic E-state index is 5.26. The van der Waals surface area contributed by atoms with Gasteiger partial charge in [0.05, 0.1) is 13.2 Å². The number of nitrogens with one attached hydrogen (secondary N) is 1. The number of anilines is 1. The van der Waals surface area contributed by atoms with Crippen molar-refractivity contribution in [2.75, 3.05) is 25.1 Å². The molecule has 0 aliphatic carbocycles. The molecular formula is C12H17N3O. The minimum atomic E-state index is 0.715. The monoisotopic (exact) mass is 219 g/mol. The van der Waals surface area contributed by atoms with Crippen LogP contribution in [0.4, 0.5) is 5.95 Å². The van der Waals surface area contributed by atoms with Crippen molar-refractivity contribution in [3.05, 3.63) is 29.6 Å². The molecule has 1 aliphatic rings. The molecule has 2 heterocycles. The predicted molar refractivity (Wildman–Crippen MR) is 63.4 cm³/mol. The van der Waals surface area contributed by atoms with Gasteiger partial charge in [0.15, 0.2) is 0 Å². The van der Waals surface area contributed by atoms with Crippen LogP contribution in [0.3, 0.4) is 0 Å². The summed E-state index contributed by atoms with van der Waals surface area (Å²) in [6.45, 7) is 4.46. The first-order chi connectivity index (χ1) is 7.84. The lowest BCUT2D eigenvalue weighted by Gasteiger charge is -2.13. The van der Waals surface area contributed by atoms with Crippen LogP contribution in [0, 0.1) is 6.92 Å². The molecule has 0 unspecified atom stereocenters. The van der Waals surface area contributed by atoms with E-state index in [1.807, 2.05) is 13.0 Å². The molecule has 86 valence electrons. The third kappa shape index (κ3) is 3.31. The molecule has 0 saturated heterocycles. The van der Waals surface area contributed by atoms with E-state index >= 15 is 0 Å². The van der Waals surface area contributed by atoms with Crippen molar-refractivity contribution in [1.82, 2.24) is 9.97 Å². The van der Waals surface area contributed by atoms with Gasteiger partial charge in [0, 0.05) is 18.4 Å². The Labute approximate surface area is 95.8 Å². The molecule has 1 aromatic heterocycles. The second-order valence-corrected chi connectivity index (χ2v) is 3.89. The van der Waals surface area contributed by atoms with Crippen LogP contribution >= 0.6 is 0 Å². The Morgan fingerprint density at radius 2 is 2.44 bits per heavy atom. The van der Waals surface area contributed by atoms with Crippen molar-refractivity contribution in [1.29, 1.82) is 0 Å². The van der Waals surface area contributed by atoms with E-state index in [1.165, 1.54) is 5.57 Å². The van der Waals surface area contributed by atoms with Gasteiger partial charge in [-0.1, -0.05) is 11.6 Å². The molecule has 0 aromatic carbocycles. The SMILES string of the molecule is Cc1ccnc(NCCC2=CCOCC2)n1. The topological polar surface area (TPSA) is 47.0 Å². The van der Waals surface area contributed by atoms with E-state index in [0.29, 0.717) is 5.95 Å². The summed E-state index contributed by atoms with van der Waals surface area (Å²) in [6.07, 6.45) is 6.04.